The molecule has 0 aliphatic rings. The topological polar surface area (TPSA) is 38.3 Å². The average molecular weight is 359 g/mol. The zero-order valence-corrected chi connectivity index (χ0v) is 15.6. The van der Waals surface area contributed by atoms with E-state index in [1.165, 1.54) is 5.56 Å². The van der Waals surface area contributed by atoms with E-state index in [-0.39, 0.29) is 5.97 Å². The van der Waals surface area contributed by atoms with E-state index in [1.54, 1.807) is 0 Å². The molecule has 0 unspecified atom stereocenters. The molecule has 0 spiro atoms. The molecule has 0 saturated heterocycles. The molecule has 3 aromatic carbocycles. The van der Waals surface area contributed by atoms with Crippen molar-refractivity contribution in [1.29, 1.82) is 0 Å². The van der Waals surface area contributed by atoms with Gasteiger partial charge in [-0.3, -0.25) is 4.79 Å². The van der Waals surface area contributed by atoms with Gasteiger partial charge in [0.05, 0.1) is 6.61 Å². The Bertz CT molecular complexity index is 793. The van der Waals surface area contributed by atoms with Crippen LogP contribution < -0.4 is 5.32 Å². The Labute approximate surface area is 161 Å². The second-order valence-electron chi connectivity index (χ2n) is 6.45. The number of carbonyl (C=O) groups is 1. The molecule has 3 heteroatoms. The van der Waals surface area contributed by atoms with E-state index in [0.29, 0.717) is 19.7 Å². The van der Waals surface area contributed by atoms with E-state index in [4.69, 9.17) is 4.74 Å². The fourth-order valence-electron chi connectivity index (χ4n) is 3.37. The predicted octanol–water partition coefficient (Wildman–Crippen LogP) is 4.33. The van der Waals surface area contributed by atoms with Crippen molar-refractivity contribution in [3.63, 3.8) is 0 Å². The SMILES string of the molecule is CCOC(=O)C(CNCc1ccccc1)(c1ccccc1)c1ccccc1. The molecular formula is C24H25NO2. The lowest BCUT2D eigenvalue weighted by Gasteiger charge is -2.33. The van der Waals surface area contributed by atoms with Gasteiger partial charge in [-0.1, -0.05) is 91.0 Å². The van der Waals surface area contributed by atoms with Crippen molar-refractivity contribution < 1.29 is 9.53 Å². The first-order valence-corrected chi connectivity index (χ1v) is 9.30. The van der Waals surface area contributed by atoms with Crippen LogP contribution in [-0.2, 0) is 21.5 Å². The Morgan fingerprint density at radius 3 is 1.78 bits per heavy atom. The highest BCUT2D eigenvalue weighted by molar-refractivity contribution is 5.88. The van der Waals surface area contributed by atoms with Gasteiger partial charge in [0.2, 0.25) is 0 Å². The van der Waals surface area contributed by atoms with Crippen molar-refractivity contribution in [2.24, 2.45) is 0 Å². The average Bonchev–Trinajstić information content (AvgIpc) is 2.73. The second kappa shape index (κ2) is 9.15. The molecule has 0 bridgehead atoms. The van der Waals surface area contributed by atoms with Crippen LogP contribution in [0.2, 0.25) is 0 Å². The molecule has 3 nitrogen and oxygen atoms in total. The lowest BCUT2D eigenvalue weighted by molar-refractivity contribution is -0.148. The molecule has 0 amide bonds. The molecule has 1 N–H and O–H groups in total. The summed E-state index contributed by atoms with van der Waals surface area (Å²) < 4.78 is 5.54. The maximum absolute atomic E-state index is 13.2. The first-order valence-electron chi connectivity index (χ1n) is 9.30. The molecule has 0 heterocycles. The van der Waals surface area contributed by atoms with E-state index in [2.05, 4.69) is 17.4 Å². The molecule has 0 aromatic heterocycles. The van der Waals surface area contributed by atoms with Crippen molar-refractivity contribution in [3.8, 4) is 0 Å². The van der Waals surface area contributed by atoms with Gasteiger partial charge in [0.25, 0.3) is 0 Å². The summed E-state index contributed by atoms with van der Waals surface area (Å²) in [5, 5.41) is 3.48. The van der Waals surface area contributed by atoms with E-state index >= 15 is 0 Å². The first kappa shape index (κ1) is 18.9. The second-order valence-corrected chi connectivity index (χ2v) is 6.45. The lowest BCUT2D eigenvalue weighted by Crippen LogP contribution is -2.47. The predicted molar refractivity (Wildman–Crippen MR) is 108 cm³/mol. The third-order valence-corrected chi connectivity index (χ3v) is 4.72. The molecule has 3 rings (SSSR count). The summed E-state index contributed by atoms with van der Waals surface area (Å²) in [6.07, 6.45) is 0. The minimum absolute atomic E-state index is 0.233. The first-order chi connectivity index (χ1) is 13.3. The molecule has 0 fully saturated rings. The quantitative estimate of drug-likeness (QED) is 0.609. The monoisotopic (exact) mass is 359 g/mol. The third kappa shape index (κ3) is 4.26. The minimum Gasteiger partial charge on any atom is -0.465 e. The maximum atomic E-state index is 13.2. The summed E-state index contributed by atoms with van der Waals surface area (Å²) in [6, 6.07) is 29.9. The number of rotatable bonds is 8. The highest BCUT2D eigenvalue weighted by Crippen LogP contribution is 2.33. The molecule has 0 aliphatic heterocycles. The van der Waals surface area contributed by atoms with Gasteiger partial charge in [-0.15, -0.1) is 0 Å². The van der Waals surface area contributed by atoms with Crippen molar-refractivity contribution in [2.45, 2.75) is 18.9 Å². The summed E-state index contributed by atoms with van der Waals surface area (Å²) in [5.74, 6) is -0.233. The number of benzene rings is 3. The van der Waals surface area contributed by atoms with Crippen LogP contribution in [0.5, 0.6) is 0 Å². The van der Waals surface area contributed by atoms with Gasteiger partial charge in [0, 0.05) is 13.1 Å². The summed E-state index contributed by atoms with van der Waals surface area (Å²) in [5.41, 5.74) is 2.13. The summed E-state index contributed by atoms with van der Waals surface area (Å²) >= 11 is 0. The third-order valence-electron chi connectivity index (χ3n) is 4.72. The molecule has 138 valence electrons. The Hall–Kier alpha value is -2.91. The molecule has 0 aliphatic carbocycles. The van der Waals surface area contributed by atoms with Crippen molar-refractivity contribution in [3.05, 3.63) is 108 Å². The molecule has 0 radical (unpaired) electrons. The van der Waals surface area contributed by atoms with Crippen LogP contribution >= 0.6 is 0 Å². The summed E-state index contributed by atoms with van der Waals surface area (Å²) in [4.78, 5) is 13.2. The molecule has 27 heavy (non-hydrogen) atoms. The van der Waals surface area contributed by atoms with E-state index in [1.807, 2.05) is 85.8 Å². The van der Waals surface area contributed by atoms with E-state index in [0.717, 1.165) is 11.1 Å². The number of hydrogen-bond acceptors (Lipinski definition) is 3. The number of carbonyl (C=O) groups excluding carboxylic acids is 1. The Morgan fingerprint density at radius 1 is 0.815 bits per heavy atom. The Balaban J connectivity index is 1.99. The zero-order chi connectivity index (χ0) is 19.0. The van der Waals surface area contributed by atoms with Gasteiger partial charge in [0.15, 0.2) is 0 Å². The highest BCUT2D eigenvalue weighted by Gasteiger charge is 2.43. The highest BCUT2D eigenvalue weighted by atomic mass is 16.5. The van der Waals surface area contributed by atoms with Crippen LogP contribution in [0.3, 0.4) is 0 Å². The lowest BCUT2D eigenvalue weighted by atomic mass is 9.74. The largest absolute Gasteiger partial charge is 0.465 e. The fraction of sp³-hybridized carbons (Fsp3) is 0.208. The van der Waals surface area contributed by atoms with E-state index in [9.17, 15) is 4.79 Å². The van der Waals surface area contributed by atoms with Crippen LogP contribution in [0.25, 0.3) is 0 Å². The van der Waals surface area contributed by atoms with Crippen LogP contribution in [0.4, 0.5) is 0 Å². The van der Waals surface area contributed by atoms with Gasteiger partial charge in [-0.25, -0.2) is 0 Å². The van der Waals surface area contributed by atoms with Gasteiger partial charge < -0.3 is 10.1 Å². The summed E-state index contributed by atoms with van der Waals surface area (Å²) in [7, 11) is 0. The van der Waals surface area contributed by atoms with Crippen molar-refractivity contribution >= 4 is 5.97 Å². The van der Waals surface area contributed by atoms with Gasteiger partial charge in [0.1, 0.15) is 5.41 Å². The number of esters is 1. The summed E-state index contributed by atoms with van der Waals surface area (Å²) in [6.45, 7) is 3.32. The maximum Gasteiger partial charge on any atom is 0.322 e. The van der Waals surface area contributed by atoms with Crippen molar-refractivity contribution in [1.82, 2.24) is 5.32 Å². The molecule has 0 atom stereocenters. The van der Waals surface area contributed by atoms with Crippen molar-refractivity contribution in [2.75, 3.05) is 13.2 Å². The van der Waals surface area contributed by atoms with Gasteiger partial charge >= 0.3 is 5.97 Å². The normalized spacial score (nSPS) is 11.1. The zero-order valence-electron chi connectivity index (χ0n) is 15.6. The number of hydrogen-bond donors (Lipinski definition) is 1. The van der Waals surface area contributed by atoms with Crippen LogP contribution in [-0.4, -0.2) is 19.1 Å². The molecule has 3 aromatic rings. The number of ether oxygens (including phenoxy) is 1. The van der Waals surface area contributed by atoms with Crippen LogP contribution in [0.1, 0.15) is 23.6 Å². The van der Waals surface area contributed by atoms with E-state index < -0.39 is 5.41 Å². The number of nitrogens with one attached hydrogen (secondary N) is 1. The van der Waals surface area contributed by atoms with Gasteiger partial charge in [-0.2, -0.15) is 0 Å². The minimum atomic E-state index is -0.896. The Morgan fingerprint density at radius 2 is 1.30 bits per heavy atom. The smallest absolute Gasteiger partial charge is 0.322 e. The standard InChI is InChI=1S/C24H25NO2/c1-2-27-23(26)24(21-14-8-4-9-15-21,22-16-10-5-11-17-22)19-25-18-20-12-6-3-7-13-20/h3-17,25H,2,18-19H2,1H3. The Kier molecular flexibility index (Phi) is 6.39. The molecular weight excluding hydrogens is 334 g/mol. The van der Waals surface area contributed by atoms with Crippen LogP contribution in [0.15, 0.2) is 91.0 Å². The van der Waals surface area contributed by atoms with Crippen LogP contribution in [0, 0.1) is 0 Å². The fourth-order valence-corrected chi connectivity index (χ4v) is 3.37. The van der Waals surface area contributed by atoms with Gasteiger partial charge in [-0.05, 0) is 23.6 Å². The molecule has 0 saturated carbocycles.